The fourth-order valence-corrected chi connectivity index (χ4v) is 2.77. The molecule has 1 aliphatic rings. The molecule has 1 aromatic carbocycles. The van der Waals surface area contributed by atoms with Gasteiger partial charge in [0.05, 0.1) is 11.6 Å². The lowest BCUT2D eigenvalue weighted by Gasteiger charge is -2.28. The van der Waals surface area contributed by atoms with Crippen LogP contribution in [0.15, 0.2) is 36.5 Å². The Bertz CT molecular complexity index is 978. The van der Waals surface area contributed by atoms with Crippen molar-refractivity contribution in [3.8, 4) is 17.0 Å². The molecule has 0 saturated carbocycles. The van der Waals surface area contributed by atoms with E-state index in [-0.39, 0.29) is 29.7 Å². The van der Waals surface area contributed by atoms with Crippen molar-refractivity contribution >= 4 is 29.1 Å². The molecular weight excluding hydrogens is 383 g/mol. The number of benzene rings is 1. The quantitative estimate of drug-likeness (QED) is 0.629. The Kier molecular flexibility index (Phi) is 5.07. The molecule has 0 unspecified atom stereocenters. The third kappa shape index (κ3) is 3.60. The van der Waals surface area contributed by atoms with Gasteiger partial charge in [-0.2, -0.15) is 13.2 Å². The van der Waals surface area contributed by atoms with Gasteiger partial charge in [-0.3, -0.25) is 4.98 Å². The van der Waals surface area contributed by atoms with Crippen molar-refractivity contribution in [1.29, 1.82) is 0 Å². The highest BCUT2D eigenvalue weighted by atomic mass is 35.5. The average molecular weight is 398 g/mol. The molecule has 0 bridgehead atoms. The second-order valence-electron chi connectivity index (χ2n) is 6.03. The zero-order valence-electron chi connectivity index (χ0n) is 13.8. The molecule has 0 spiro atoms. The van der Waals surface area contributed by atoms with E-state index >= 15 is 0 Å². The maximum Gasteiger partial charge on any atom is 0.416 e. The van der Waals surface area contributed by atoms with Crippen LogP contribution in [-0.2, 0) is 6.18 Å². The summed E-state index contributed by atoms with van der Waals surface area (Å²) in [4.78, 5) is 4.32. The van der Waals surface area contributed by atoms with E-state index in [1.807, 2.05) is 0 Å². The highest BCUT2D eigenvalue weighted by molar-refractivity contribution is 5.98. The SMILES string of the molecule is Cl.Oc1cc(C(F)(F)F)ccc1-c1nnc(NC2CNC2)c2ncccc12. The van der Waals surface area contributed by atoms with Gasteiger partial charge in [-0.15, -0.1) is 22.6 Å². The lowest BCUT2D eigenvalue weighted by atomic mass is 10.0. The van der Waals surface area contributed by atoms with Crippen LogP contribution in [-0.4, -0.2) is 39.4 Å². The summed E-state index contributed by atoms with van der Waals surface area (Å²) in [6.45, 7) is 1.61. The Morgan fingerprint density at radius 2 is 1.93 bits per heavy atom. The van der Waals surface area contributed by atoms with E-state index in [2.05, 4.69) is 25.8 Å². The molecule has 3 aromatic rings. The number of phenols is 1. The summed E-state index contributed by atoms with van der Waals surface area (Å²) < 4.78 is 38.4. The van der Waals surface area contributed by atoms with Gasteiger partial charge in [-0.05, 0) is 30.3 Å². The Balaban J connectivity index is 0.00000210. The predicted octanol–water partition coefficient (Wildman–Crippen LogP) is 3.22. The lowest BCUT2D eigenvalue weighted by Crippen LogP contribution is -2.51. The summed E-state index contributed by atoms with van der Waals surface area (Å²) in [6.07, 6.45) is -2.93. The van der Waals surface area contributed by atoms with Crippen LogP contribution in [0.2, 0.25) is 0 Å². The van der Waals surface area contributed by atoms with Crippen LogP contribution in [0.5, 0.6) is 5.75 Å². The zero-order chi connectivity index (χ0) is 18.3. The summed E-state index contributed by atoms with van der Waals surface area (Å²) in [5, 5.41) is 25.3. The molecule has 142 valence electrons. The molecule has 1 saturated heterocycles. The van der Waals surface area contributed by atoms with Gasteiger partial charge in [-0.1, -0.05) is 0 Å². The number of alkyl halides is 3. The number of rotatable bonds is 3. The number of hydrogen-bond donors (Lipinski definition) is 3. The van der Waals surface area contributed by atoms with Crippen LogP contribution in [0.4, 0.5) is 19.0 Å². The third-order valence-electron chi connectivity index (χ3n) is 4.24. The number of pyridine rings is 1. The van der Waals surface area contributed by atoms with Crippen LogP contribution in [0, 0.1) is 0 Å². The second kappa shape index (κ2) is 7.16. The van der Waals surface area contributed by atoms with Crippen LogP contribution >= 0.6 is 12.4 Å². The van der Waals surface area contributed by atoms with Crippen LogP contribution in [0.25, 0.3) is 22.2 Å². The van der Waals surface area contributed by atoms with Gasteiger partial charge in [-0.25, -0.2) is 0 Å². The van der Waals surface area contributed by atoms with Gasteiger partial charge >= 0.3 is 6.18 Å². The first-order chi connectivity index (χ1) is 12.4. The Hall–Kier alpha value is -2.65. The van der Waals surface area contributed by atoms with Crippen LogP contribution < -0.4 is 10.6 Å². The molecule has 1 aliphatic heterocycles. The van der Waals surface area contributed by atoms with Gasteiger partial charge < -0.3 is 15.7 Å². The van der Waals surface area contributed by atoms with E-state index in [4.69, 9.17) is 0 Å². The van der Waals surface area contributed by atoms with Crippen molar-refractivity contribution in [1.82, 2.24) is 20.5 Å². The summed E-state index contributed by atoms with van der Waals surface area (Å²) in [7, 11) is 0. The first-order valence-corrected chi connectivity index (χ1v) is 7.93. The first-order valence-electron chi connectivity index (χ1n) is 7.93. The molecule has 10 heteroatoms. The average Bonchev–Trinajstić information content (AvgIpc) is 2.57. The molecular formula is C17H15ClF3N5O. The first kappa shape index (κ1) is 19.1. The molecule has 0 atom stereocenters. The van der Waals surface area contributed by atoms with Crippen molar-refractivity contribution in [2.45, 2.75) is 12.2 Å². The number of anilines is 1. The van der Waals surface area contributed by atoms with E-state index in [0.717, 1.165) is 19.2 Å². The summed E-state index contributed by atoms with van der Waals surface area (Å²) in [6, 6.07) is 6.45. The summed E-state index contributed by atoms with van der Waals surface area (Å²) in [5.74, 6) is -0.00886. The van der Waals surface area contributed by atoms with Crippen LogP contribution in [0.3, 0.4) is 0 Å². The molecule has 6 nitrogen and oxygen atoms in total. The minimum absolute atomic E-state index is 0. The largest absolute Gasteiger partial charge is 0.507 e. The minimum Gasteiger partial charge on any atom is -0.507 e. The monoisotopic (exact) mass is 397 g/mol. The van der Waals surface area contributed by atoms with Crippen molar-refractivity contribution < 1.29 is 18.3 Å². The van der Waals surface area contributed by atoms with E-state index in [0.29, 0.717) is 22.8 Å². The molecule has 3 heterocycles. The van der Waals surface area contributed by atoms with Crippen molar-refractivity contribution in [2.24, 2.45) is 0 Å². The van der Waals surface area contributed by atoms with Gasteiger partial charge in [0.25, 0.3) is 0 Å². The second-order valence-corrected chi connectivity index (χ2v) is 6.03. The molecule has 1 fully saturated rings. The third-order valence-corrected chi connectivity index (χ3v) is 4.24. The lowest BCUT2D eigenvalue weighted by molar-refractivity contribution is -0.137. The van der Waals surface area contributed by atoms with Crippen molar-refractivity contribution in [3.63, 3.8) is 0 Å². The number of nitrogens with one attached hydrogen (secondary N) is 2. The number of fused-ring (bicyclic) bond motifs is 1. The van der Waals surface area contributed by atoms with Gasteiger partial charge in [0.2, 0.25) is 0 Å². The molecule has 27 heavy (non-hydrogen) atoms. The Morgan fingerprint density at radius 1 is 1.15 bits per heavy atom. The van der Waals surface area contributed by atoms with E-state index < -0.39 is 17.5 Å². The molecule has 4 rings (SSSR count). The number of nitrogens with zero attached hydrogens (tertiary/aromatic N) is 3. The summed E-state index contributed by atoms with van der Waals surface area (Å²) >= 11 is 0. The van der Waals surface area contributed by atoms with Gasteiger partial charge in [0.1, 0.15) is 17.0 Å². The molecule has 3 N–H and O–H groups in total. The fourth-order valence-electron chi connectivity index (χ4n) is 2.77. The maximum atomic E-state index is 12.8. The minimum atomic E-state index is -4.53. The van der Waals surface area contributed by atoms with Crippen molar-refractivity contribution in [3.05, 3.63) is 42.1 Å². The Morgan fingerprint density at radius 3 is 2.56 bits per heavy atom. The number of aromatic hydroxyl groups is 1. The van der Waals surface area contributed by atoms with Crippen molar-refractivity contribution in [2.75, 3.05) is 18.4 Å². The highest BCUT2D eigenvalue weighted by Gasteiger charge is 2.31. The maximum absolute atomic E-state index is 12.8. The van der Waals surface area contributed by atoms with Gasteiger partial charge in [0, 0.05) is 30.2 Å². The Labute approximate surface area is 158 Å². The number of aromatic nitrogens is 3. The van der Waals surface area contributed by atoms with Gasteiger partial charge in [0.15, 0.2) is 5.82 Å². The van der Waals surface area contributed by atoms with Crippen LogP contribution in [0.1, 0.15) is 5.56 Å². The number of halogens is 4. The number of hydrogen-bond acceptors (Lipinski definition) is 6. The number of phenolic OH excluding ortho intramolecular Hbond substituents is 1. The van der Waals surface area contributed by atoms with E-state index in [1.165, 1.54) is 6.07 Å². The predicted molar refractivity (Wildman–Crippen MR) is 97.0 cm³/mol. The molecule has 2 aromatic heterocycles. The van der Waals surface area contributed by atoms with E-state index in [1.54, 1.807) is 18.3 Å². The molecule has 0 amide bonds. The topological polar surface area (TPSA) is 83.0 Å². The molecule has 0 radical (unpaired) electrons. The standard InChI is InChI=1S/C17H14F3N5O.ClH/c18-17(19,20)9-3-4-11(13(26)6-9)14-12-2-1-5-22-15(12)16(25-24-14)23-10-7-21-8-10;/h1-6,10,21,26H,7-8H2,(H,23,25);1H. The molecule has 0 aliphatic carbocycles. The summed E-state index contributed by atoms with van der Waals surface area (Å²) in [5.41, 5.74) is 0.0607. The zero-order valence-corrected chi connectivity index (χ0v) is 14.6. The normalized spacial score (nSPS) is 14.5. The smallest absolute Gasteiger partial charge is 0.416 e. The highest BCUT2D eigenvalue weighted by Crippen LogP contribution is 2.38. The fraction of sp³-hybridized carbons (Fsp3) is 0.235. The van der Waals surface area contributed by atoms with E-state index in [9.17, 15) is 18.3 Å².